The number of thiocarbonyl (C=S) groups is 1. The third kappa shape index (κ3) is 3.23. The van der Waals surface area contributed by atoms with Crippen molar-refractivity contribution in [1.82, 2.24) is 0 Å². The van der Waals surface area contributed by atoms with Gasteiger partial charge in [-0.15, -0.1) is 0 Å². The Kier molecular flexibility index (Phi) is 5.91. The van der Waals surface area contributed by atoms with Crippen LogP contribution in [0.15, 0.2) is 35.9 Å². The smallest absolute Gasteiger partial charge is 0.157 e. The maximum absolute atomic E-state index is 5.63. The van der Waals surface area contributed by atoms with Gasteiger partial charge < -0.3 is 24.0 Å². The second kappa shape index (κ2) is 7.11. The molecule has 0 aromatic heterocycles. The Balaban J connectivity index is 0.00000161. The molecule has 1 aliphatic heterocycles. The van der Waals surface area contributed by atoms with Gasteiger partial charge in [0.2, 0.25) is 0 Å². The zero-order valence-corrected chi connectivity index (χ0v) is 16.4. The zero-order valence-electron chi connectivity index (χ0n) is 12.6. The predicted molar refractivity (Wildman–Crippen MR) is 92.3 cm³/mol. The molecule has 114 valence electrons. The number of rotatable bonds is 2. The highest BCUT2D eigenvalue weighted by molar-refractivity contribution is 8.20. The first-order valence-electron chi connectivity index (χ1n) is 7.50. The number of nitrogens with zero attached hydrogens (tertiary/aromatic N) is 1. The lowest BCUT2D eigenvalue weighted by Crippen LogP contribution is -3.00. The van der Waals surface area contributed by atoms with E-state index in [2.05, 4.69) is 44.3 Å². The summed E-state index contributed by atoms with van der Waals surface area (Å²) >= 11 is 7.51. The molecule has 1 fully saturated rings. The van der Waals surface area contributed by atoms with Crippen LogP contribution in [0.4, 0.5) is 0 Å². The predicted octanol–water partition coefficient (Wildman–Crippen LogP) is 2.19. The lowest BCUT2D eigenvalue weighted by Gasteiger charge is -2.39. The van der Waals surface area contributed by atoms with Crippen molar-refractivity contribution in [2.75, 3.05) is 7.05 Å². The second-order valence-corrected chi connectivity index (χ2v) is 8.02. The van der Waals surface area contributed by atoms with Gasteiger partial charge in [0.1, 0.15) is 22.2 Å². The summed E-state index contributed by atoms with van der Waals surface area (Å²) in [6, 6.07) is 11.5. The van der Waals surface area contributed by atoms with E-state index < -0.39 is 0 Å². The van der Waals surface area contributed by atoms with Crippen molar-refractivity contribution < 1.29 is 27.9 Å². The highest BCUT2D eigenvalue weighted by Gasteiger charge is 2.47. The normalized spacial score (nSPS) is 26.9. The Morgan fingerprint density at radius 1 is 1.10 bits per heavy atom. The van der Waals surface area contributed by atoms with Crippen LogP contribution in [0.5, 0.6) is 0 Å². The van der Waals surface area contributed by atoms with Crippen LogP contribution in [0.3, 0.4) is 0 Å². The Hall–Kier alpha value is 0.0900. The van der Waals surface area contributed by atoms with Crippen LogP contribution < -0.4 is 24.0 Å². The highest BCUT2D eigenvalue weighted by Crippen LogP contribution is 2.50. The van der Waals surface area contributed by atoms with Gasteiger partial charge in [-0.1, -0.05) is 36.8 Å². The fraction of sp³-hybridized carbons (Fsp3) is 0.471. The van der Waals surface area contributed by atoms with Gasteiger partial charge in [0.25, 0.3) is 0 Å². The van der Waals surface area contributed by atoms with Crippen molar-refractivity contribution in [1.29, 1.82) is 0 Å². The summed E-state index contributed by atoms with van der Waals surface area (Å²) in [5.74, 6) is 0. The third-order valence-corrected chi connectivity index (χ3v) is 6.56. The van der Waals surface area contributed by atoms with E-state index in [9.17, 15) is 0 Å². The van der Waals surface area contributed by atoms with E-state index in [1.165, 1.54) is 48.9 Å². The van der Waals surface area contributed by atoms with Crippen molar-refractivity contribution in [3.05, 3.63) is 41.5 Å². The number of hydrogen-bond donors (Lipinski definition) is 0. The largest absolute Gasteiger partial charge is 1.00 e. The molecule has 0 spiro atoms. The molecule has 4 heteroatoms. The van der Waals surface area contributed by atoms with Crippen molar-refractivity contribution in [2.45, 2.75) is 45.1 Å². The van der Waals surface area contributed by atoms with Crippen molar-refractivity contribution in [2.24, 2.45) is 0 Å². The lowest BCUT2D eigenvalue weighted by atomic mass is 9.93. The molecule has 0 radical (unpaired) electrons. The summed E-state index contributed by atoms with van der Waals surface area (Å²) in [4.78, 5) is 0. The Labute approximate surface area is 154 Å². The van der Waals surface area contributed by atoms with Gasteiger partial charge in [0.15, 0.2) is 5.70 Å². The SMILES string of the molecule is CC1=C(c2ccccc2)[N+](C)(C2CCCCC2)SC1=S.[I-]. The molecule has 0 saturated heterocycles. The van der Waals surface area contributed by atoms with Gasteiger partial charge in [0, 0.05) is 24.0 Å². The molecule has 21 heavy (non-hydrogen) atoms. The first-order valence-corrected chi connectivity index (χ1v) is 8.68. The molecule has 0 N–H and O–H groups in total. The van der Waals surface area contributed by atoms with E-state index >= 15 is 0 Å². The summed E-state index contributed by atoms with van der Waals surface area (Å²) in [5.41, 5.74) is 4.09. The fourth-order valence-corrected chi connectivity index (χ4v) is 5.45. The molecule has 3 rings (SSSR count). The minimum absolute atomic E-state index is 0. The topological polar surface area (TPSA) is 0 Å². The second-order valence-electron chi connectivity index (χ2n) is 6.00. The maximum atomic E-state index is 5.63. The third-order valence-electron chi connectivity index (χ3n) is 4.70. The monoisotopic (exact) mass is 431 g/mol. The molecule has 1 nitrogen and oxygen atoms in total. The average Bonchev–Trinajstić information content (AvgIpc) is 2.72. The number of benzene rings is 1. The molecule has 0 bridgehead atoms. The minimum atomic E-state index is 0. The Morgan fingerprint density at radius 2 is 1.71 bits per heavy atom. The fourth-order valence-electron chi connectivity index (χ4n) is 3.62. The zero-order chi connectivity index (χ0) is 14.2. The van der Waals surface area contributed by atoms with Gasteiger partial charge in [-0.3, -0.25) is 0 Å². The van der Waals surface area contributed by atoms with Crippen molar-refractivity contribution in [3.63, 3.8) is 0 Å². The van der Waals surface area contributed by atoms with E-state index in [1.807, 2.05) is 11.9 Å². The number of halogens is 1. The van der Waals surface area contributed by atoms with E-state index in [0.29, 0.717) is 6.04 Å². The molecule has 0 amide bonds. The van der Waals surface area contributed by atoms with Crippen LogP contribution in [0.2, 0.25) is 0 Å². The summed E-state index contributed by atoms with van der Waals surface area (Å²) in [6.45, 7) is 2.20. The molecule has 1 saturated carbocycles. The molecule has 1 aliphatic carbocycles. The van der Waals surface area contributed by atoms with Crippen LogP contribution in [0.25, 0.3) is 5.70 Å². The van der Waals surface area contributed by atoms with E-state index in [-0.39, 0.29) is 24.0 Å². The van der Waals surface area contributed by atoms with Crippen LogP contribution >= 0.6 is 24.2 Å². The Bertz CT molecular complexity index is 549. The molecule has 1 aromatic rings. The molecule has 1 unspecified atom stereocenters. The lowest BCUT2D eigenvalue weighted by molar-refractivity contribution is -0.726. The van der Waals surface area contributed by atoms with E-state index in [1.54, 1.807) is 0 Å². The summed E-state index contributed by atoms with van der Waals surface area (Å²) in [5, 5.41) is 0. The van der Waals surface area contributed by atoms with Gasteiger partial charge >= 0.3 is 0 Å². The summed E-state index contributed by atoms with van der Waals surface area (Å²) in [7, 11) is 2.37. The maximum Gasteiger partial charge on any atom is 0.157 e. The molecule has 1 atom stereocenters. The molecular weight excluding hydrogens is 409 g/mol. The van der Waals surface area contributed by atoms with Gasteiger partial charge in [-0.2, -0.15) is 0 Å². The minimum Gasteiger partial charge on any atom is -1.00 e. The molecular formula is C17H22INS2. The summed E-state index contributed by atoms with van der Waals surface area (Å²) in [6.07, 6.45) is 6.79. The molecule has 1 aromatic carbocycles. The first kappa shape index (κ1) is 17.4. The van der Waals surface area contributed by atoms with Crippen molar-refractivity contribution >= 4 is 34.1 Å². The van der Waals surface area contributed by atoms with Crippen molar-refractivity contribution in [3.8, 4) is 0 Å². The van der Waals surface area contributed by atoms with Crippen LogP contribution in [-0.4, -0.2) is 21.2 Å². The van der Waals surface area contributed by atoms with Gasteiger partial charge in [-0.05, 0) is 31.9 Å². The number of quaternary nitrogens is 1. The molecule has 2 aliphatic rings. The summed E-state index contributed by atoms with van der Waals surface area (Å²) < 4.78 is 2.03. The number of hydrogen-bond acceptors (Lipinski definition) is 2. The van der Waals surface area contributed by atoms with E-state index in [0.717, 1.165) is 8.08 Å². The average molecular weight is 431 g/mol. The van der Waals surface area contributed by atoms with Crippen LogP contribution in [0.1, 0.15) is 44.6 Å². The first-order chi connectivity index (χ1) is 9.63. The van der Waals surface area contributed by atoms with Gasteiger partial charge in [-0.25, -0.2) is 3.89 Å². The van der Waals surface area contributed by atoms with Crippen LogP contribution in [-0.2, 0) is 0 Å². The van der Waals surface area contributed by atoms with Gasteiger partial charge in [0.05, 0.1) is 7.05 Å². The quantitative estimate of drug-likeness (QED) is 0.305. The standard InChI is InChI=1S/C17H22NS2.HI/c1-13-16(14-9-5-3-6-10-14)18(2,20-17(13)19)15-11-7-4-8-12-15;/h3,5-6,9-10,15H,4,7-8,11-12H2,1-2H3;1H/q+1;/p-1. The Morgan fingerprint density at radius 3 is 2.33 bits per heavy atom. The highest BCUT2D eigenvalue weighted by atomic mass is 127. The van der Waals surface area contributed by atoms with E-state index in [4.69, 9.17) is 12.2 Å². The molecule has 1 heterocycles. The van der Waals surface area contributed by atoms with Crippen LogP contribution in [0, 0.1) is 0 Å².